The lowest BCUT2D eigenvalue weighted by atomic mass is 9.96. The highest BCUT2D eigenvalue weighted by atomic mass is 32.2. The number of nitrogens with two attached hydrogens (primary N) is 5. The molecule has 14 atom stereocenters. The van der Waals surface area contributed by atoms with E-state index in [0.29, 0.717) is 23.4 Å². The number of rotatable bonds is 67. The minimum absolute atomic E-state index is 0.0584. The third-order valence-electron chi connectivity index (χ3n) is 20.9. The molecule has 0 saturated heterocycles. The van der Waals surface area contributed by atoms with E-state index in [1.165, 1.54) is 106 Å². The first-order valence-electron chi connectivity index (χ1n) is 43.9. The molecule has 3 rings (SSSR count). The Morgan fingerprint density at radius 2 is 0.797 bits per heavy atom. The number of benzene rings is 1. The van der Waals surface area contributed by atoms with Crippen molar-refractivity contribution >= 4 is 112 Å². The largest absolute Gasteiger partial charge is 0.508 e. The molecule has 45 heteroatoms. The topological polar surface area (TPSA) is 739 Å². The number of aromatic amines is 2. The van der Waals surface area contributed by atoms with Crippen molar-refractivity contribution in [1.82, 2.24) is 99.7 Å². The molecular weight excluding hydrogens is 1680 g/mol. The maximum atomic E-state index is 14.8. The van der Waals surface area contributed by atoms with Crippen molar-refractivity contribution < 1.29 is 82.4 Å². The molecule has 44 nitrogen and oxygen atoms in total. The minimum Gasteiger partial charge on any atom is -0.508 e. The van der Waals surface area contributed by atoms with Gasteiger partial charge in [-0.05, 0) is 106 Å². The van der Waals surface area contributed by atoms with Gasteiger partial charge in [0, 0.05) is 69.1 Å². The number of aromatic nitrogens is 4. The summed E-state index contributed by atoms with van der Waals surface area (Å²) in [6, 6.07) is -13.6. The van der Waals surface area contributed by atoms with Gasteiger partial charge in [0.25, 0.3) is 0 Å². The summed E-state index contributed by atoms with van der Waals surface area (Å²) < 4.78 is 0. The van der Waals surface area contributed by atoms with Crippen molar-refractivity contribution in [2.75, 3.05) is 38.2 Å². The van der Waals surface area contributed by atoms with E-state index in [0.717, 1.165) is 39.0 Å². The molecule has 0 aliphatic heterocycles. The summed E-state index contributed by atoms with van der Waals surface area (Å²) in [6.45, 7) is 9.05. The first-order valence-corrected chi connectivity index (χ1v) is 45.2. The zero-order chi connectivity index (χ0) is 95.2. The van der Waals surface area contributed by atoms with Crippen molar-refractivity contribution in [1.29, 1.82) is 16.2 Å². The van der Waals surface area contributed by atoms with E-state index in [2.05, 4.69) is 107 Å². The lowest BCUT2D eigenvalue weighted by Gasteiger charge is -2.30. The zero-order valence-corrected chi connectivity index (χ0v) is 75.5. The van der Waals surface area contributed by atoms with Crippen molar-refractivity contribution in [3.8, 4) is 5.75 Å². The van der Waals surface area contributed by atoms with Crippen LogP contribution in [0.1, 0.15) is 213 Å². The molecule has 33 N–H and O–H groups in total. The Morgan fingerprint density at radius 1 is 0.430 bits per heavy atom. The average Bonchev–Trinajstić information content (AvgIpc) is 1.23. The Labute approximate surface area is 751 Å². The number of thioether (sulfide) groups is 1. The van der Waals surface area contributed by atoms with Gasteiger partial charge in [0.1, 0.15) is 78.3 Å². The highest BCUT2D eigenvalue weighted by Gasteiger charge is 2.40. The van der Waals surface area contributed by atoms with Crippen LogP contribution in [0.15, 0.2) is 49.3 Å². The van der Waals surface area contributed by atoms with Crippen LogP contribution < -0.4 is 108 Å². The lowest BCUT2D eigenvalue weighted by molar-refractivity contribution is -0.138. The Morgan fingerprint density at radius 3 is 1.22 bits per heavy atom. The lowest BCUT2D eigenvalue weighted by Crippen LogP contribution is -2.63. The minimum atomic E-state index is -2.04. The molecule has 2 aromatic heterocycles. The normalized spacial score (nSPS) is 14.4. The van der Waals surface area contributed by atoms with E-state index in [9.17, 15) is 82.4 Å². The van der Waals surface area contributed by atoms with Crippen LogP contribution in [0.3, 0.4) is 0 Å². The molecule has 0 radical (unpaired) electrons. The Bertz CT molecular complexity index is 3980. The maximum Gasteiger partial charge on any atom is 0.245 e. The van der Waals surface area contributed by atoms with Crippen molar-refractivity contribution in [3.63, 3.8) is 0 Å². The van der Waals surface area contributed by atoms with Crippen molar-refractivity contribution in [3.05, 3.63) is 66.3 Å². The number of carbonyl (C=O) groups excluding carboxylic acids is 14. The molecule has 0 saturated carbocycles. The number of amides is 14. The van der Waals surface area contributed by atoms with E-state index in [1.54, 1.807) is 34.0 Å². The van der Waals surface area contributed by atoms with Crippen molar-refractivity contribution in [2.45, 2.75) is 294 Å². The third-order valence-corrected chi connectivity index (χ3v) is 21.6. The number of nitrogens with zero attached hydrogens (tertiary/aromatic N) is 2. The number of guanidine groups is 3. The molecule has 14 unspecified atom stereocenters. The van der Waals surface area contributed by atoms with Gasteiger partial charge in [-0.15, -0.1) is 0 Å². The second-order valence-corrected chi connectivity index (χ2v) is 33.3. The first kappa shape index (κ1) is 110. The first-order chi connectivity index (χ1) is 60.9. The number of imidazole rings is 2. The molecule has 0 aliphatic rings. The summed E-state index contributed by atoms with van der Waals surface area (Å²) in [4.78, 5) is 212. The van der Waals surface area contributed by atoms with Crippen LogP contribution in [0, 0.1) is 28.1 Å². The van der Waals surface area contributed by atoms with Gasteiger partial charge in [0.05, 0.1) is 31.8 Å². The number of carbonyl (C=O) groups is 14. The fourth-order valence-electron chi connectivity index (χ4n) is 13.6. The van der Waals surface area contributed by atoms with E-state index in [4.69, 9.17) is 44.9 Å². The van der Waals surface area contributed by atoms with Crippen LogP contribution in [0.5, 0.6) is 5.75 Å². The fraction of sp³-hybridized carbons (Fsp3) is 0.651. The van der Waals surface area contributed by atoms with Gasteiger partial charge in [-0.25, -0.2) is 9.97 Å². The standard InChI is InChI=1S/C83H141N27O17S/c1-8-10-11-12-13-14-15-16-17-18-19-20-21-28-66(115)99-56(25-22-34-94-81(86)87)70(117)101-57(26-23-35-95-82(88)89)71(118)103-59(38-48(3)4)73(120)105-61(40-52-43-92-46-97-52)75(122)108-64(45-111)78(125)110-68(50(6)112)80(127)102-58(27-24-36-96-83(90)91)72(119)106-63(42-65(84)114)76(123)104-60(39-51-29-31-54(113)32-30-51)77(124)109-67(49(5)9-2)79(126)107-62(41-53-44-93-47-98-53)74(121)100-55(69(85)116)33-37-128-7/h29-32,43-44,46-50,55-64,67-68,111-113H,8-28,33-42,45H2,1-7H3,(H2,84,114)(H2,85,116)(H,92,97)(H,93,98)(H,99,115)(H,100,121)(H,101,117)(H,102,127)(H,103,118)(H,104,123)(H,105,120)(H,106,119)(H,107,126)(H,108,122)(H,109,124)(H,110,125)(H4,86,87,94)(H4,88,89,95)(H4,90,91,96). The van der Waals surface area contributed by atoms with Gasteiger partial charge in [-0.3, -0.25) is 83.4 Å². The molecule has 3 aromatic rings. The van der Waals surface area contributed by atoms with E-state index in [-0.39, 0.29) is 132 Å². The second kappa shape index (κ2) is 61.5. The average molecular weight is 1820 g/mol. The predicted molar refractivity (Wildman–Crippen MR) is 481 cm³/mol. The summed E-state index contributed by atoms with van der Waals surface area (Å²) >= 11 is 1.40. The third kappa shape index (κ3) is 45.0. The number of unbranched alkanes of at least 4 members (excludes halogenated alkanes) is 12. The van der Waals surface area contributed by atoms with Gasteiger partial charge >= 0.3 is 0 Å². The van der Waals surface area contributed by atoms with E-state index in [1.807, 2.05) is 0 Å². The van der Waals surface area contributed by atoms with Crippen LogP contribution in [0.4, 0.5) is 0 Å². The number of hydrogen-bond acceptors (Lipinski definition) is 23. The molecule has 716 valence electrons. The summed E-state index contributed by atoms with van der Waals surface area (Å²) in [5.41, 5.74) is 28.9. The molecule has 14 amide bonds. The highest BCUT2D eigenvalue weighted by Crippen LogP contribution is 2.19. The number of aromatic hydroxyl groups is 1. The molecule has 0 aliphatic carbocycles. The van der Waals surface area contributed by atoms with Gasteiger partial charge in [-0.1, -0.05) is 130 Å². The second-order valence-electron chi connectivity index (χ2n) is 32.3. The summed E-state index contributed by atoms with van der Waals surface area (Å²) in [5.74, 6) is -15.6. The number of aliphatic hydroxyl groups excluding tert-OH is 2. The van der Waals surface area contributed by atoms with E-state index < -0.39 is 186 Å². The SMILES string of the molecule is CCCCCCCCCCCCCCCC(=O)NC(CCCNC(=N)N)C(=O)NC(CCCNC(=N)N)C(=O)NC(CC(C)C)C(=O)NC(Cc1cnc[nH]1)C(=O)NC(CO)C(=O)NC(C(=O)NC(CCCNC(=N)N)C(=O)NC(CC(N)=O)C(=O)NC(Cc1ccc(O)cc1)C(=O)NC(C(=O)NC(Cc1cnc[nH]1)C(=O)NC(CCSC)C(N)=O)C(C)CC)C(C)O. The molecule has 128 heavy (non-hydrogen) atoms. The molecular formula is C83H141N27O17S. The number of nitrogens with one attached hydrogen (secondary N) is 20. The van der Waals surface area contributed by atoms with Gasteiger partial charge in [0.2, 0.25) is 82.7 Å². The van der Waals surface area contributed by atoms with Crippen LogP contribution in [-0.4, -0.2) is 253 Å². The number of primary amides is 2. The number of H-pyrrole nitrogens is 2. The Hall–Kier alpha value is -11.9. The smallest absolute Gasteiger partial charge is 0.245 e. The predicted octanol–water partition coefficient (Wildman–Crippen LogP) is -2.47. The monoisotopic (exact) mass is 1820 g/mol. The Balaban J connectivity index is 1.94. The van der Waals surface area contributed by atoms with Gasteiger partial charge in [-0.2, -0.15) is 11.8 Å². The highest BCUT2D eigenvalue weighted by molar-refractivity contribution is 7.98. The van der Waals surface area contributed by atoms with Crippen LogP contribution >= 0.6 is 11.8 Å². The van der Waals surface area contributed by atoms with Gasteiger partial charge < -0.3 is 134 Å². The van der Waals surface area contributed by atoms with Crippen LogP contribution in [-0.2, 0) is 86.4 Å². The summed E-state index contributed by atoms with van der Waals surface area (Å²) in [6.07, 6.45) is 18.2. The number of phenolic OH excluding ortho intramolecular Hbond substituents is 1. The van der Waals surface area contributed by atoms with Crippen LogP contribution in [0.2, 0.25) is 0 Å². The number of hydrogen-bond donors (Lipinski definition) is 28. The molecule has 1 aromatic carbocycles. The molecule has 0 fully saturated rings. The quantitative estimate of drug-likeness (QED) is 0.0158. The zero-order valence-electron chi connectivity index (χ0n) is 74.7. The van der Waals surface area contributed by atoms with Crippen molar-refractivity contribution in [2.24, 2.45) is 40.5 Å². The number of phenols is 1. The molecule has 2 heterocycles. The molecule has 0 spiro atoms. The summed E-state index contributed by atoms with van der Waals surface area (Å²) in [5, 5.41) is 93.7. The molecule has 0 bridgehead atoms. The summed E-state index contributed by atoms with van der Waals surface area (Å²) in [7, 11) is 0. The van der Waals surface area contributed by atoms with Gasteiger partial charge in [0.15, 0.2) is 17.9 Å². The number of aliphatic hydroxyl groups is 2. The maximum absolute atomic E-state index is 14.8. The van der Waals surface area contributed by atoms with Crippen LogP contribution in [0.25, 0.3) is 0 Å². The Kier molecular flexibility index (Phi) is 53.0. The van der Waals surface area contributed by atoms with E-state index >= 15 is 0 Å². The fourth-order valence-corrected chi connectivity index (χ4v) is 14.0.